The number of rotatable bonds is 6. The summed E-state index contributed by atoms with van der Waals surface area (Å²) in [6.07, 6.45) is 2.79. The van der Waals surface area contributed by atoms with Crippen molar-refractivity contribution in [3.05, 3.63) is 0 Å². The highest BCUT2D eigenvalue weighted by Gasteiger charge is 2.27. The average Bonchev–Trinajstić information content (AvgIpc) is 2.35. The Morgan fingerprint density at radius 2 is 1.90 bits per heavy atom. The van der Waals surface area contributed by atoms with Crippen LogP contribution in [0.1, 0.15) is 26.7 Å². The number of amides is 1. The molecule has 1 fully saturated rings. The first-order valence-corrected chi connectivity index (χ1v) is 8.97. The number of piperidine rings is 1. The van der Waals surface area contributed by atoms with Crippen molar-refractivity contribution in [2.45, 2.75) is 32.7 Å². The van der Waals surface area contributed by atoms with Crippen LogP contribution in [-0.2, 0) is 14.8 Å². The van der Waals surface area contributed by atoms with Crippen molar-refractivity contribution in [1.29, 1.82) is 0 Å². The molecule has 0 saturated carbocycles. The molecular formula is C13H27N3O3S. The Kier molecular flexibility index (Phi) is 6.42. The van der Waals surface area contributed by atoms with Gasteiger partial charge in [0.15, 0.2) is 0 Å². The molecule has 0 aromatic carbocycles. The van der Waals surface area contributed by atoms with Gasteiger partial charge >= 0.3 is 0 Å². The fraction of sp³-hybridized carbons (Fsp3) is 0.923. The maximum absolute atomic E-state index is 11.7. The maximum Gasteiger partial charge on any atom is 0.234 e. The van der Waals surface area contributed by atoms with E-state index < -0.39 is 10.0 Å². The topological polar surface area (TPSA) is 69.7 Å². The molecule has 118 valence electrons. The molecule has 0 atom stereocenters. The third-order valence-corrected chi connectivity index (χ3v) is 5.01. The molecule has 0 aromatic heterocycles. The standard InChI is InChI=1S/C13H27N3O3S/c1-11(2)9-14-13(17)10-16-7-5-12(6-8-16)15(3)20(4,18)19/h11-12H,5-10H2,1-4H3,(H,14,17). The largest absolute Gasteiger partial charge is 0.355 e. The lowest BCUT2D eigenvalue weighted by Crippen LogP contribution is -2.48. The number of hydrogen-bond acceptors (Lipinski definition) is 4. The van der Waals surface area contributed by atoms with Crippen LogP contribution in [0.2, 0.25) is 0 Å². The minimum atomic E-state index is -3.13. The summed E-state index contributed by atoms with van der Waals surface area (Å²) in [5.74, 6) is 0.502. The van der Waals surface area contributed by atoms with Gasteiger partial charge in [-0.1, -0.05) is 13.8 Å². The lowest BCUT2D eigenvalue weighted by molar-refractivity contribution is -0.122. The van der Waals surface area contributed by atoms with E-state index in [1.54, 1.807) is 7.05 Å². The van der Waals surface area contributed by atoms with Gasteiger partial charge in [0.2, 0.25) is 15.9 Å². The van der Waals surface area contributed by atoms with E-state index in [0.717, 1.165) is 25.9 Å². The van der Waals surface area contributed by atoms with Gasteiger partial charge in [0.05, 0.1) is 12.8 Å². The highest BCUT2D eigenvalue weighted by atomic mass is 32.2. The predicted octanol–water partition coefficient (Wildman–Crippen LogP) is 0.114. The molecule has 0 unspecified atom stereocenters. The van der Waals surface area contributed by atoms with Gasteiger partial charge in [0.1, 0.15) is 0 Å². The molecule has 1 saturated heterocycles. The van der Waals surface area contributed by atoms with Crippen LogP contribution < -0.4 is 5.32 Å². The van der Waals surface area contributed by atoms with Crippen molar-refractivity contribution in [3.8, 4) is 0 Å². The minimum Gasteiger partial charge on any atom is -0.355 e. The summed E-state index contributed by atoms with van der Waals surface area (Å²) in [6.45, 7) is 6.76. The van der Waals surface area contributed by atoms with Crippen molar-refractivity contribution < 1.29 is 13.2 Å². The highest BCUT2D eigenvalue weighted by Crippen LogP contribution is 2.17. The molecule has 0 bridgehead atoms. The molecule has 1 amide bonds. The average molecular weight is 305 g/mol. The lowest BCUT2D eigenvalue weighted by Gasteiger charge is -2.35. The highest BCUT2D eigenvalue weighted by molar-refractivity contribution is 7.88. The molecule has 1 aliphatic rings. The Bertz CT molecular complexity index is 415. The zero-order chi connectivity index (χ0) is 15.3. The first-order chi connectivity index (χ1) is 9.20. The number of sulfonamides is 1. The van der Waals surface area contributed by atoms with Crippen LogP contribution in [0.5, 0.6) is 0 Å². The third-order valence-electron chi connectivity index (χ3n) is 3.67. The molecule has 1 heterocycles. The Morgan fingerprint density at radius 1 is 1.35 bits per heavy atom. The van der Waals surface area contributed by atoms with Crippen LogP contribution in [-0.4, -0.2) is 69.1 Å². The number of likely N-dealkylation sites (tertiary alicyclic amines) is 1. The SMILES string of the molecule is CC(C)CNC(=O)CN1CCC(N(C)S(C)(=O)=O)CC1. The van der Waals surface area contributed by atoms with Gasteiger partial charge in [-0.15, -0.1) is 0 Å². The van der Waals surface area contributed by atoms with Crippen LogP contribution in [0.4, 0.5) is 0 Å². The molecule has 7 heteroatoms. The molecule has 1 N–H and O–H groups in total. The van der Waals surface area contributed by atoms with Crippen LogP contribution in [0.15, 0.2) is 0 Å². The first kappa shape index (κ1) is 17.4. The van der Waals surface area contributed by atoms with Gasteiger partial charge in [-0.05, 0) is 18.8 Å². The summed E-state index contributed by atoms with van der Waals surface area (Å²) < 4.78 is 24.4. The maximum atomic E-state index is 11.7. The molecule has 0 radical (unpaired) electrons. The second kappa shape index (κ2) is 7.38. The van der Waals surface area contributed by atoms with E-state index in [9.17, 15) is 13.2 Å². The van der Waals surface area contributed by atoms with E-state index in [0.29, 0.717) is 19.0 Å². The van der Waals surface area contributed by atoms with E-state index in [1.807, 2.05) is 0 Å². The van der Waals surface area contributed by atoms with Gasteiger partial charge < -0.3 is 5.32 Å². The van der Waals surface area contributed by atoms with Crippen molar-refractivity contribution in [3.63, 3.8) is 0 Å². The fourth-order valence-corrected chi connectivity index (χ4v) is 3.04. The number of carbonyl (C=O) groups is 1. The van der Waals surface area contributed by atoms with E-state index in [-0.39, 0.29) is 11.9 Å². The Hall–Kier alpha value is -0.660. The van der Waals surface area contributed by atoms with Gasteiger partial charge in [0.25, 0.3) is 0 Å². The van der Waals surface area contributed by atoms with Crippen molar-refractivity contribution >= 4 is 15.9 Å². The number of hydrogen-bond donors (Lipinski definition) is 1. The van der Waals surface area contributed by atoms with Crippen LogP contribution >= 0.6 is 0 Å². The Labute approximate surface area is 122 Å². The summed E-state index contributed by atoms with van der Waals surface area (Å²) in [5, 5.41) is 2.90. The summed E-state index contributed by atoms with van der Waals surface area (Å²) in [4.78, 5) is 13.8. The Balaban J connectivity index is 2.34. The van der Waals surface area contributed by atoms with Crippen LogP contribution in [0, 0.1) is 5.92 Å². The molecule has 1 rings (SSSR count). The van der Waals surface area contributed by atoms with Gasteiger partial charge in [0, 0.05) is 32.7 Å². The lowest BCUT2D eigenvalue weighted by atomic mass is 10.1. The summed E-state index contributed by atoms with van der Waals surface area (Å²) in [7, 11) is -1.50. The van der Waals surface area contributed by atoms with Gasteiger partial charge in [-0.2, -0.15) is 0 Å². The monoisotopic (exact) mass is 305 g/mol. The second-order valence-electron chi connectivity index (χ2n) is 5.98. The molecule has 1 aliphatic heterocycles. The molecule has 6 nitrogen and oxygen atoms in total. The summed E-state index contributed by atoms with van der Waals surface area (Å²) in [6, 6.07) is 0.0555. The van der Waals surface area contributed by atoms with Crippen molar-refractivity contribution in [2.24, 2.45) is 5.92 Å². The molecule has 0 aliphatic carbocycles. The molecule has 0 spiro atoms. The smallest absolute Gasteiger partial charge is 0.234 e. The number of nitrogens with zero attached hydrogens (tertiary/aromatic N) is 2. The van der Waals surface area contributed by atoms with E-state index in [2.05, 4.69) is 24.1 Å². The molecule has 20 heavy (non-hydrogen) atoms. The summed E-state index contributed by atoms with van der Waals surface area (Å²) in [5.41, 5.74) is 0. The predicted molar refractivity (Wildman–Crippen MR) is 79.9 cm³/mol. The van der Waals surface area contributed by atoms with E-state index in [1.165, 1.54) is 10.6 Å². The van der Waals surface area contributed by atoms with Crippen LogP contribution in [0.25, 0.3) is 0 Å². The zero-order valence-corrected chi connectivity index (χ0v) is 13.7. The number of carbonyl (C=O) groups excluding carboxylic acids is 1. The second-order valence-corrected chi connectivity index (χ2v) is 8.03. The van der Waals surface area contributed by atoms with Gasteiger partial charge in [-0.3, -0.25) is 9.69 Å². The molecule has 0 aromatic rings. The van der Waals surface area contributed by atoms with Crippen molar-refractivity contribution in [2.75, 3.05) is 39.5 Å². The van der Waals surface area contributed by atoms with E-state index >= 15 is 0 Å². The molecular weight excluding hydrogens is 278 g/mol. The Morgan fingerprint density at radius 3 is 2.35 bits per heavy atom. The third kappa shape index (κ3) is 5.76. The minimum absolute atomic E-state index is 0.0496. The van der Waals surface area contributed by atoms with Gasteiger partial charge in [-0.25, -0.2) is 12.7 Å². The van der Waals surface area contributed by atoms with Crippen LogP contribution in [0.3, 0.4) is 0 Å². The normalized spacial score (nSPS) is 18.7. The zero-order valence-electron chi connectivity index (χ0n) is 12.9. The first-order valence-electron chi connectivity index (χ1n) is 7.12. The number of nitrogens with one attached hydrogen (secondary N) is 1. The van der Waals surface area contributed by atoms with E-state index in [4.69, 9.17) is 0 Å². The summed E-state index contributed by atoms with van der Waals surface area (Å²) >= 11 is 0. The quantitative estimate of drug-likeness (QED) is 0.756. The fourth-order valence-electron chi connectivity index (χ4n) is 2.29. The van der Waals surface area contributed by atoms with Crippen molar-refractivity contribution in [1.82, 2.24) is 14.5 Å².